The molecule has 1 aromatic heterocycles. The first-order valence-corrected chi connectivity index (χ1v) is 12.3. The van der Waals surface area contributed by atoms with Gasteiger partial charge in [-0.05, 0) is 69.3 Å². The van der Waals surface area contributed by atoms with E-state index in [0.29, 0.717) is 27.4 Å². The molecule has 0 unspecified atom stereocenters. The number of benzene rings is 2. The van der Waals surface area contributed by atoms with E-state index in [4.69, 9.17) is 0 Å². The summed E-state index contributed by atoms with van der Waals surface area (Å²) in [7, 11) is 0. The summed E-state index contributed by atoms with van der Waals surface area (Å²) in [4.78, 5) is 37.8. The second-order valence-corrected chi connectivity index (χ2v) is 9.80. The largest absolute Gasteiger partial charge is 0.347 e. The number of hydrogen-bond donors (Lipinski definition) is 4. The smallest absolute Gasteiger partial charge is 0.265 e. The maximum Gasteiger partial charge on any atom is 0.265 e. The molecule has 0 aliphatic rings. The highest BCUT2D eigenvalue weighted by Crippen LogP contribution is 2.21. The molecule has 0 aliphatic carbocycles. The van der Waals surface area contributed by atoms with Gasteiger partial charge in [0.05, 0.1) is 10.4 Å². The van der Waals surface area contributed by atoms with Gasteiger partial charge >= 0.3 is 0 Å². The third-order valence-electron chi connectivity index (χ3n) is 4.32. The number of hydrogen-bond acceptors (Lipinski definition) is 6. The molecular weight excluding hydrogens is 456 g/mol. The Balaban J connectivity index is 1.61. The molecule has 4 N–H and O–H groups in total. The molecule has 0 spiro atoms. The predicted octanol–water partition coefficient (Wildman–Crippen LogP) is 5.47. The number of carbonyl (C=O) groups excluding carboxylic acids is 3. The second-order valence-electron chi connectivity index (χ2n) is 8.28. The van der Waals surface area contributed by atoms with Gasteiger partial charge in [0.25, 0.3) is 17.7 Å². The predicted molar refractivity (Wildman–Crippen MR) is 137 cm³/mol. The van der Waals surface area contributed by atoms with Crippen molar-refractivity contribution >= 4 is 58.1 Å². The zero-order valence-corrected chi connectivity index (χ0v) is 20.4. The van der Waals surface area contributed by atoms with E-state index in [0.717, 1.165) is 5.69 Å². The zero-order chi connectivity index (χ0) is 24.0. The lowest BCUT2D eigenvalue weighted by molar-refractivity contribution is 0.0918. The fourth-order valence-electron chi connectivity index (χ4n) is 2.87. The van der Waals surface area contributed by atoms with E-state index in [2.05, 4.69) is 20.7 Å². The average Bonchev–Trinajstić information content (AvgIpc) is 3.24. The Labute approximate surface area is 201 Å². The summed E-state index contributed by atoms with van der Waals surface area (Å²) >= 11 is 2.66. The van der Waals surface area contributed by atoms with Crippen LogP contribution in [0.15, 0.2) is 60.0 Å². The second kappa shape index (κ2) is 10.5. The molecule has 33 heavy (non-hydrogen) atoms. The SMILES string of the molecule is CSNc1cccc(NC(=O)c2cc(C(=O)Nc3ccc(C(=O)NC(C)(C)C)cc3)cs2)c1. The van der Waals surface area contributed by atoms with Crippen LogP contribution in [-0.4, -0.2) is 29.5 Å². The topological polar surface area (TPSA) is 99.3 Å². The fraction of sp³-hybridized carbons (Fsp3) is 0.208. The number of thiophene rings is 1. The molecule has 0 atom stereocenters. The Morgan fingerprint density at radius 3 is 2.12 bits per heavy atom. The first-order chi connectivity index (χ1) is 15.6. The van der Waals surface area contributed by atoms with Crippen LogP contribution in [0.3, 0.4) is 0 Å². The first-order valence-electron chi connectivity index (χ1n) is 10.2. The summed E-state index contributed by atoms with van der Waals surface area (Å²) in [5.41, 5.74) is 2.66. The molecule has 7 nitrogen and oxygen atoms in total. The summed E-state index contributed by atoms with van der Waals surface area (Å²) in [6.45, 7) is 5.73. The van der Waals surface area contributed by atoms with E-state index in [1.165, 1.54) is 23.3 Å². The van der Waals surface area contributed by atoms with Crippen LogP contribution in [0.5, 0.6) is 0 Å². The molecule has 2 aromatic carbocycles. The van der Waals surface area contributed by atoms with Gasteiger partial charge in [-0.3, -0.25) is 14.4 Å². The Morgan fingerprint density at radius 1 is 0.788 bits per heavy atom. The molecule has 3 rings (SSSR count). The standard InChI is InChI=1S/C24H26N4O3S2/c1-24(2,3)27-22(30)15-8-10-17(11-9-15)25-21(29)16-12-20(33-14-16)23(31)26-18-6-5-7-19(13-18)28-32-4/h5-14,28H,1-4H3,(H,25,29)(H,26,31)(H,27,30). The van der Waals surface area contributed by atoms with Gasteiger partial charge < -0.3 is 20.7 Å². The minimum absolute atomic E-state index is 0.177. The molecule has 0 radical (unpaired) electrons. The van der Waals surface area contributed by atoms with E-state index in [1.807, 2.05) is 45.2 Å². The fourth-order valence-corrected chi connectivity index (χ4v) is 4.01. The van der Waals surface area contributed by atoms with Gasteiger partial charge in [-0.2, -0.15) is 0 Å². The van der Waals surface area contributed by atoms with Crippen LogP contribution in [0.4, 0.5) is 17.1 Å². The highest BCUT2D eigenvalue weighted by molar-refractivity contribution is 7.99. The van der Waals surface area contributed by atoms with Crippen LogP contribution in [0.25, 0.3) is 0 Å². The van der Waals surface area contributed by atoms with Crippen molar-refractivity contribution in [2.75, 3.05) is 21.6 Å². The van der Waals surface area contributed by atoms with Crippen LogP contribution in [0.2, 0.25) is 0 Å². The first kappa shape index (κ1) is 24.3. The lowest BCUT2D eigenvalue weighted by atomic mass is 10.1. The van der Waals surface area contributed by atoms with E-state index >= 15 is 0 Å². The number of anilines is 3. The molecule has 3 amide bonds. The third-order valence-corrected chi connectivity index (χ3v) is 5.69. The molecule has 0 saturated carbocycles. The van der Waals surface area contributed by atoms with Gasteiger partial charge in [0.1, 0.15) is 0 Å². The van der Waals surface area contributed by atoms with Gasteiger partial charge in [-0.1, -0.05) is 18.0 Å². The molecule has 3 aromatic rings. The molecule has 1 heterocycles. The molecule has 0 fully saturated rings. The van der Waals surface area contributed by atoms with Gasteiger partial charge in [0.2, 0.25) is 0 Å². The van der Waals surface area contributed by atoms with E-state index in [1.54, 1.807) is 41.8 Å². The maximum absolute atomic E-state index is 12.6. The number of amides is 3. The highest BCUT2D eigenvalue weighted by Gasteiger charge is 2.16. The number of rotatable bonds is 7. The molecule has 172 valence electrons. The molecule has 0 bridgehead atoms. The molecule has 0 aliphatic heterocycles. The van der Waals surface area contributed by atoms with Gasteiger partial charge in [-0.15, -0.1) is 11.3 Å². The zero-order valence-electron chi connectivity index (χ0n) is 18.8. The average molecular weight is 483 g/mol. The van der Waals surface area contributed by atoms with Crippen molar-refractivity contribution in [2.24, 2.45) is 0 Å². The molecule has 9 heteroatoms. The van der Waals surface area contributed by atoms with Crippen molar-refractivity contribution in [3.63, 3.8) is 0 Å². The van der Waals surface area contributed by atoms with Crippen LogP contribution in [0.1, 0.15) is 51.2 Å². The summed E-state index contributed by atoms with van der Waals surface area (Å²) in [6, 6.07) is 15.6. The lowest BCUT2D eigenvalue weighted by Gasteiger charge is -2.20. The number of carbonyl (C=O) groups is 3. The van der Waals surface area contributed by atoms with Crippen LogP contribution < -0.4 is 20.7 Å². The van der Waals surface area contributed by atoms with Gasteiger partial charge in [0.15, 0.2) is 0 Å². The third kappa shape index (κ3) is 7.10. The van der Waals surface area contributed by atoms with E-state index in [9.17, 15) is 14.4 Å². The van der Waals surface area contributed by atoms with E-state index in [-0.39, 0.29) is 23.3 Å². The minimum atomic E-state index is -0.332. The van der Waals surface area contributed by atoms with Crippen molar-refractivity contribution in [1.29, 1.82) is 0 Å². The van der Waals surface area contributed by atoms with Gasteiger partial charge in [-0.25, -0.2) is 0 Å². The van der Waals surface area contributed by atoms with Crippen LogP contribution in [0, 0.1) is 0 Å². The van der Waals surface area contributed by atoms with Crippen molar-refractivity contribution < 1.29 is 14.4 Å². The van der Waals surface area contributed by atoms with Crippen LogP contribution in [-0.2, 0) is 0 Å². The van der Waals surface area contributed by atoms with Crippen molar-refractivity contribution in [3.8, 4) is 0 Å². The molecule has 0 saturated heterocycles. The summed E-state index contributed by atoms with van der Waals surface area (Å²) in [5.74, 6) is -0.790. The Morgan fingerprint density at radius 2 is 1.45 bits per heavy atom. The minimum Gasteiger partial charge on any atom is -0.347 e. The Kier molecular flexibility index (Phi) is 7.78. The van der Waals surface area contributed by atoms with E-state index < -0.39 is 0 Å². The monoisotopic (exact) mass is 482 g/mol. The summed E-state index contributed by atoms with van der Waals surface area (Å²) in [5, 5.41) is 10.2. The Bertz CT molecular complexity index is 1150. The van der Waals surface area contributed by atoms with Crippen molar-refractivity contribution in [1.82, 2.24) is 5.32 Å². The summed E-state index contributed by atoms with van der Waals surface area (Å²) in [6.07, 6.45) is 1.92. The quantitative estimate of drug-likeness (QED) is 0.335. The summed E-state index contributed by atoms with van der Waals surface area (Å²) < 4.78 is 3.12. The Hall–Kier alpha value is -3.30. The van der Waals surface area contributed by atoms with Crippen molar-refractivity contribution in [2.45, 2.75) is 26.3 Å². The lowest BCUT2D eigenvalue weighted by Crippen LogP contribution is -2.40. The molecular formula is C24H26N4O3S2. The van der Waals surface area contributed by atoms with Crippen molar-refractivity contribution in [3.05, 3.63) is 76.0 Å². The number of nitrogens with one attached hydrogen (secondary N) is 4. The highest BCUT2D eigenvalue weighted by atomic mass is 32.2. The maximum atomic E-state index is 12.6. The van der Waals surface area contributed by atoms with Crippen LogP contribution >= 0.6 is 23.3 Å². The normalized spacial score (nSPS) is 10.9. The van der Waals surface area contributed by atoms with Gasteiger partial charge in [0, 0.05) is 39.8 Å².